The molecule has 0 radical (unpaired) electrons. The lowest BCUT2D eigenvalue weighted by Crippen LogP contribution is -2.35. The Bertz CT molecular complexity index is 511. The minimum absolute atomic E-state index is 0.121. The molecule has 1 aliphatic carbocycles. The second-order valence-corrected chi connectivity index (χ2v) is 5.92. The zero-order chi connectivity index (χ0) is 15.0. The summed E-state index contributed by atoms with van der Waals surface area (Å²) in [5, 5.41) is 0. The van der Waals surface area contributed by atoms with Crippen LogP contribution in [0.5, 0.6) is 0 Å². The zero-order valence-corrected chi connectivity index (χ0v) is 11.7. The molecule has 116 valence electrons. The quantitative estimate of drug-likeness (QED) is 0.911. The fourth-order valence-electron chi connectivity index (χ4n) is 3.64. The van der Waals surface area contributed by atoms with Crippen LogP contribution in [0.2, 0.25) is 0 Å². The third-order valence-corrected chi connectivity index (χ3v) is 4.52. The Labute approximate surface area is 121 Å². The Kier molecular flexibility index (Phi) is 3.67. The van der Waals surface area contributed by atoms with Crippen LogP contribution in [0.4, 0.5) is 24.8 Å². The van der Waals surface area contributed by atoms with Gasteiger partial charge in [0.05, 0.1) is 0 Å². The van der Waals surface area contributed by atoms with E-state index in [4.69, 9.17) is 5.73 Å². The van der Waals surface area contributed by atoms with E-state index >= 15 is 0 Å². The van der Waals surface area contributed by atoms with Gasteiger partial charge < -0.3 is 10.6 Å². The largest absolute Gasteiger partial charge is 0.451 e. The zero-order valence-electron chi connectivity index (χ0n) is 11.7. The Hall–Kier alpha value is -1.53. The summed E-state index contributed by atoms with van der Waals surface area (Å²) in [7, 11) is 0. The molecule has 0 spiro atoms. The van der Waals surface area contributed by atoms with Gasteiger partial charge in [0.25, 0.3) is 0 Å². The summed E-state index contributed by atoms with van der Waals surface area (Å²) in [5.74, 6) is -0.374. The van der Waals surface area contributed by atoms with Crippen LogP contribution >= 0.6 is 0 Å². The van der Waals surface area contributed by atoms with E-state index in [2.05, 4.69) is 9.97 Å². The third kappa shape index (κ3) is 2.91. The van der Waals surface area contributed by atoms with E-state index in [0.717, 1.165) is 32.2 Å². The Balaban J connectivity index is 1.90. The Morgan fingerprint density at radius 2 is 1.81 bits per heavy atom. The average molecular weight is 300 g/mol. The van der Waals surface area contributed by atoms with E-state index in [9.17, 15) is 13.2 Å². The highest BCUT2D eigenvalue weighted by Gasteiger charge is 2.38. The normalized spacial score (nSPS) is 24.0. The number of hydrogen-bond acceptors (Lipinski definition) is 4. The minimum Gasteiger partial charge on any atom is -0.384 e. The van der Waals surface area contributed by atoms with Gasteiger partial charge in [-0.2, -0.15) is 13.2 Å². The van der Waals surface area contributed by atoms with Gasteiger partial charge >= 0.3 is 6.18 Å². The molecule has 4 nitrogen and oxygen atoms in total. The first-order valence-electron chi connectivity index (χ1n) is 7.43. The van der Waals surface area contributed by atoms with Gasteiger partial charge in [-0.25, -0.2) is 9.97 Å². The molecule has 1 unspecified atom stereocenters. The molecule has 1 saturated carbocycles. The summed E-state index contributed by atoms with van der Waals surface area (Å²) < 4.78 is 38.5. The van der Waals surface area contributed by atoms with Gasteiger partial charge in [-0.1, -0.05) is 12.8 Å². The first-order valence-corrected chi connectivity index (χ1v) is 7.43. The first kappa shape index (κ1) is 14.4. The Morgan fingerprint density at radius 3 is 2.48 bits per heavy atom. The molecule has 3 rings (SSSR count). The molecule has 1 aromatic rings. The monoisotopic (exact) mass is 300 g/mol. The van der Waals surface area contributed by atoms with E-state index in [1.165, 1.54) is 18.9 Å². The maximum absolute atomic E-state index is 12.8. The lowest BCUT2D eigenvalue weighted by Gasteiger charge is -2.30. The molecule has 0 bridgehead atoms. The maximum Gasteiger partial charge on any atom is 0.451 e. The fourth-order valence-corrected chi connectivity index (χ4v) is 3.64. The summed E-state index contributed by atoms with van der Waals surface area (Å²) in [6.07, 6.45) is 2.21. The molecule has 2 aliphatic rings. The van der Waals surface area contributed by atoms with Crippen LogP contribution in [-0.2, 0) is 6.18 Å². The number of anilines is 2. The van der Waals surface area contributed by atoms with Gasteiger partial charge in [0.2, 0.25) is 5.82 Å². The standard InChI is InChI=1S/C14H19F3N4/c15-14(16,17)13-19-11(18)8-12(20-13)21-7-3-6-10(21)9-4-1-2-5-9/h8-10H,1-7H2,(H2,18,19,20). The van der Waals surface area contributed by atoms with Crippen molar-refractivity contribution in [3.05, 3.63) is 11.9 Å². The molecule has 0 amide bonds. The summed E-state index contributed by atoms with van der Waals surface area (Å²) in [4.78, 5) is 9.04. The minimum atomic E-state index is -4.56. The van der Waals surface area contributed by atoms with E-state index in [1.54, 1.807) is 0 Å². The molecule has 21 heavy (non-hydrogen) atoms. The van der Waals surface area contributed by atoms with Crippen molar-refractivity contribution in [2.45, 2.75) is 50.7 Å². The number of halogens is 3. The number of rotatable bonds is 2. The van der Waals surface area contributed by atoms with Crippen LogP contribution in [0.3, 0.4) is 0 Å². The van der Waals surface area contributed by atoms with Crippen LogP contribution < -0.4 is 10.6 Å². The van der Waals surface area contributed by atoms with E-state index < -0.39 is 12.0 Å². The molecular formula is C14H19F3N4. The van der Waals surface area contributed by atoms with Crippen molar-refractivity contribution in [1.29, 1.82) is 0 Å². The fraction of sp³-hybridized carbons (Fsp3) is 0.714. The van der Waals surface area contributed by atoms with Crippen molar-refractivity contribution in [3.63, 3.8) is 0 Å². The van der Waals surface area contributed by atoms with Gasteiger partial charge in [0.1, 0.15) is 11.6 Å². The predicted molar refractivity (Wildman–Crippen MR) is 73.8 cm³/mol. The van der Waals surface area contributed by atoms with Gasteiger partial charge in [-0.3, -0.25) is 0 Å². The topological polar surface area (TPSA) is 55.0 Å². The summed E-state index contributed by atoms with van der Waals surface area (Å²) in [5.41, 5.74) is 5.54. The predicted octanol–water partition coefficient (Wildman–Crippen LogP) is 3.24. The van der Waals surface area contributed by atoms with Gasteiger partial charge in [-0.05, 0) is 31.6 Å². The smallest absolute Gasteiger partial charge is 0.384 e. The van der Waals surface area contributed by atoms with E-state index in [0.29, 0.717) is 17.8 Å². The van der Waals surface area contributed by atoms with Crippen molar-refractivity contribution in [3.8, 4) is 0 Å². The number of nitrogens with zero attached hydrogens (tertiary/aromatic N) is 3. The van der Waals surface area contributed by atoms with Crippen LogP contribution in [0.1, 0.15) is 44.3 Å². The van der Waals surface area contributed by atoms with Crippen molar-refractivity contribution in [2.75, 3.05) is 17.2 Å². The van der Waals surface area contributed by atoms with E-state index in [1.807, 2.05) is 4.90 Å². The van der Waals surface area contributed by atoms with Crippen LogP contribution in [0.25, 0.3) is 0 Å². The van der Waals surface area contributed by atoms with E-state index in [-0.39, 0.29) is 5.82 Å². The van der Waals surface area contributed by atoms with Crippen molar-refractivity contribution in [2.24, 2.45) is 5.92 Å². The molecule has 2 fully saturated rings. The highest BCUT2D eigenvalue weighted by Crippen LogP contribution is 2.38. The molecule has 0 aromatic carbocycles. The van der Waals surface area contributed by atoms with Crippen molar-refractivity contribution < 1.29 is 13.2 Å². The first-order chi connectivity index (χ1) is 9.95. The number of nitrogens with two attached hydrogens (primary N) is 1. The van der Waals surface area contributed by atoms with Crippen LogP contribution in [0.15, 0.2) is 6.07 Å². The van der Waals surface area contributed by atoms with Crippen molar-refractivity contribution >= 4 is 11.6 Å². The Morgan fingerprint density at radius 1 is 1.10 bits per heavy atom. The number of aromatic nitrogens is 2. The second kappa shape index (κ2) is 5.35. The summed E-state index contributed by atoms with van der Waals surface area (Å²) in [6.45, 7) is 0.745. The number of alkyl halides is 3. The molecule has 1 atom stereocenters. The van der Waals surface area contributed by atoms with Gasteiger partial charge in [0.15, 0.2) is 0 Å². The molecule has 7 heteroatoms. The highest BCUT2D eigenvalue weighted by molar-refractivity contribution is 5.49. The highest BCUT2D eigenvalue weighted by atomic mass is 19.4. The third-order valence-electron chi connectivity index (χ3n) is 4.52. The molecule has 1 saturated heterocycles. The molecule has 1 aromatic heterocycles. The molecular weight excluding hydrogens is 281 g/mol. The number of hydrogen-bond donors (Lipinski definition) is 1. The summed E-state index contributed by atoms with van der Waals surface area (Å²) >= 11 is 0. The lowest BCUT2D eigenvalue weighted by molar-refractivity contribution is -0.144. The number of nitrogen functional groups attached to an aromatic ring is 1. The summed E-state index contributed by atoms with van der Waals surface area (Å²) in [6, 6.07) is 1.76. The molecule has 2 heterocycles. The van der Waals surface area contributed by atoms with Gasteiger partial charge in [0, 0.05) is 18.7 Å². The average Bonchev–Trinajstić information content (AvgIpc) is 3.07. The van der Waals surface area contributed by atoms with Crippen LogP contribution in [-0.4, -0.2) is 22.6 Å². The second-order valence-electron chi connectivity index (χ2n) is 5.92. The lowest BCUT2D eigenvalue weighted by atomic mass is 9.96. The molecule has 1 aliphatic heterocycles. The van der Waals surface area contributed by atoms with Crippen LogP contribution in [0, 0.1) is 5.92 Å². The van der Waals surface area contributed by atoms with Crippen molar-refractivity contribution in [1.82, 2.24) is 9.97 Å². The SMILES string of the molecule is Nc1cc(N2CCCC2C2CCCC2)nc(C(F)(F)F)n1. The maximum atomic E-state index is 12.8. The molecule has 2 N–H and O–H groups in total. The van der Waals surface area contributed by atoms with Gasteiger partial charge in [-0.15, -0.1) is 0 Å².